The van der Waals surface area contributed by atoms with Crippen LogP contribution in [0.3, 0.4) is 0 Å². The number of pyridine rings is 1. The van der Waals surface area contributed by atoms with E-state index < -0.39 is 5.97 Å². The molecule has 1 aromatic heterocycles. The van der Waals surface area contributed by atoms with Crippen molar-refractivity contribution in [1.82, 2.24) is 4.98 Å². The summed E-state index contributed by atoms with van der Waals surface area (Å²) in [5.74, 6) is 0.573. The molecule has 1 aliphatic rings. The summed E-state index contributed by atoms with van der Waals surface area (Å²) in [6.45, 7) is 0.968. The fourth-order valence-corrected chi connectivity index (χ4v) is 2.61. The van der Waals surface area contributed by atoms with Crippen molar-refractivity contribution in [3.8, 4) is 0 Å². The van der Waals surface area contributed by atoms with Crippen LogP contribution in [-0.2, 0) is 0 Å². The highest BCUT2D eigenvalue weighted by Crippen LogP contribution is 2.25. The molecule has 0 radical (unpaired) electrons. The molecule has 1 fully saturated rings. The van der Waals surface area contributed by atoms with Gasteiger partial charge in [-0.15, -0.1) is 0 Å². The number of carbonyl (C=O) groups is 1. The maximum absolute atomic E-state index is 10.9. The van der Waals surface area contributed by atoms with E-state index in [1.54, 1.807) is 12.3 Å². The molecule has 0 amide bonds. The topological polar surface area (TPSA) is 53.4 Å². The first-order valence-corrected chi connectivity index (χ1v) is 6.57. The van der Waals surface area contributed by atoms with Gasteiger partial charge < -0.3 is 10.0 Å². The molecule has 0 unspecified atom stereocenters. The predicted octanol–water partition coefficient (Wildman–Crippen LogP) is 2.80. The van der Waals surface area contributed by atoms with Crippen molar-refractivity contribution >= 4 is 11.8 Å². The van der Waals surface area contributed by atoms with E-state index in [9.17, 15) is 4.79 Å². The number of aromatic carboxylic acids is 1. The summed E-state index contributed by atoms with van der Waals surface area (Å²) in [6, 6.07) is 3.17. The van der Waals surface area contributed by atoms with Crippen LogP contribution >= 0.6 is 0 Å². The molecule has 2 rings (SSSR count). The number of hydrogen-bond acceptors (Lipinski definition) is 3. The zero-order chi connectivity index (χ0) is 13.0. The third-order valence-electron chi connectivity index (χ3n) is 3.64. The molecule has 1 aromatic rings. The van der Waals surface area contributed by atoms with Crippen LogP contribution < -0.4 is 4.90 Å². The van der Waals surface area contributed by atoms with Crippen LogP contribution in [0.2, 0.25) is 0 Å². The van der Waals surface area contributed by atoms with E-state index in [1.165, 1.54) is 38.2 Å². The lowest BCUT2D eigenvalue weighted by atomic mass is 9.89. The van der Waals surface area contributed by atoms with E-state index in [2.05, 4.69) is 9.88 Å². The summed E-state index contributed by atoms with van der Waals surface area (Å²) < 4.78 is 0. The smallest absolute Gasteiger partial charge is 0.335 e. The second-order valence-electron chi connectivity index (χ2n) is 5.09. The second-order valence-corrected chi connectivity index (χ2v) is 5.09. The lowest BCUT2D eigenvalue weighted by Crippen LogP contribution is -2.27. The Bertz CT molecular complexity index is 414. The van der Waals surface area contributed by atoms with Crippen LogP contribution in [0.1, 0.15) is 42.5 Å². The van der Waals surface area contributed by atoms with Crippen LogP contribution in [0.25, 0.3) is 0 Å². The number of anilines is 1. The molecule has 1 saturated carbocycles. The molecule has 1 N–H and O–H groups in total. The van der Waals surface area contributed by atoms with E-state index in [0.29, 0.717) is 5.56 Å². The van der Waals surface area contributed by atoms with Crippen molar-refractivity contribution in [2.45, 2.75) is 32.1 Å². The first-order valence-electron chi connectivity index (χ1n) is 6.57. The minimum absolute atomic E-state index is 0.301. The summed E-state index contributed by atoms with van der Waals surface area (Å²) in [5.41, 5.74) is 0.301. The number of carboxylic acid groups (broad SMARTS) is 1. The van der Waals surface area contributed by atoms with Crippen molar-refractivity contribution in [2.75, 3.05) is 18.5 Å². The maximum Gasteiger partial charge on any atom is 0.335 e. The Kier molecular flexibility index (Phi) is 4.18. The molecule has 4 heteroatoms. The molecule has 0 bridgehead atoms. The Morgan fingerprint density at radius 3 is 2.83 bits per heavy atom. The van der Waals surface area contributed by atoms with Crippen molar-refractivity contribution in [3.05, 3.63) is 23.9 Å². The van der Waals surface area contributed by atoms with Crippen LogP contribution in [-0.4, -0.2) is 29.7 Å². The third kappa shape index (κ3) is 3.22. The average Bonchev–Trinajstić information content (AvgIpc) is 2.40. The van der Waals surface area contributed by atoms with E-state index in [1.807, 2.05) is 7.05 Å². The van der Waals surface area contributed by atoms with Crippen molar-refractivity contribution in [3.63, 3.8) is 0 Å². The van der Waals surface area contributed by atoms with Gasteiger partial charge in [-0.05, 0) is 30.9 Å². The molecular weight excluding hydrogens is 228 g/mol. The van der Waals surface area contributed by atoms with Crippen LogP contribution in [0.5, 0.6) is 0 Å². The summed E-state index contributed by atoms with van der Waals surface area (Å²) >= 11 is 0. The van der Waals surface area contributed by atoms with Gasteiger partial charge in [0.25, 0.3) is 0 Å². The summed E-state index contributed by atoms with van der Waals surface area (Å²) in [6.07, 6.45) is 8.12. The Labute approximate surface area is 108 Å². The molecular formula is C14H20N2O2. The molecule has 1 heterocycles. The van der Waals surface area contributed by atoms with Gasteiger partial charge in [-0.2, -0.15) is 0 Å². The van der Waals surface area contributed by atoms with Crippen molar-refractivity contribution in [1.29, 1.82) is 0 Å². The second kappa shape index (κ2) is 5.85. The van der Waals surface area contributed by atoms with E-state index >= 15 is 0 Å². The van der Waals surface area contributed by atoms with Gasteiger partial charge in [0.1, 0.15) is 5.82 Å². The lowest BCUT2D eigenvalue weighted by molar-refractivity contribution is 0.0697. The zero-order valence-corrected chi connectivity index (χ0v) is 10.8. The highest BCUT2D eigenvalue weighted by Gasteiger charge is 2.16. The molecule has 0 aromatic carbocycles. The van der Waals surface area contributed by atoms with Gasteiger partial charge in [0.15, 0.2) is 0 Å². The molecule has 4 nitrogen and oxygen atoms in total. The van der Waals surface area contributed by atoms with Gasteiger partial charge in [0.2, 0.25) is 0 Å². The zero-order valence-electron chi connectivity index (χ0n) is 10.8. The molecule has 0 aliphatic heterocycles. The van der Waals surface area contributed by atoms with Gasteiger partial charge in [0, 0.05) is 19.8 Å². The number of rotatable bonds is 4. The van der Waals surface area contributed by atoms with Crippen LogP contribution in [0.15, 0.2) is 18.3 Å². The summed E-state index contributed by atoms with van der Waals surface area (Å²) in [5, 5.41) is 8.97. The molecule has 98 valence electrons. The van der Waals surface area contributed by atoms with E-state index in [4.69, 9.17) is 5.11 Å². The van der Waals surface area contributed by atoms with Crippen LogP contribution in [0.4, 0.5) is 5.82 Å². The highest BCUT2D eigenvalue weighted by atomic mass is 16.4. The molecule has 0 saturated heterocycles. The van der Waals surface area contributed by atoms with Gasteiger partial charge in [-0.25, -0.2) is 9.78 Å². The Hall–Kier alpha value is -1.58. The maximum atomic E-state index is 10.9. The van der Waals surface area contributed by atoms with Crippen molar-refractivity contribution < 1.29 is 9.90 Å². The lowest BCUT2D eigenvalue weighted by Gasteiger charge is -2.27. The first-order chi connectivity index (χ1) is 8.66. The minimum atomic E-state index is -0.898. The number of hydrogen-bond donors (Lipinski definition) is 1. The average molecular weight is 248 g/mol. The number of aromatic nitrogens is 1. The Morgan fingerprint density at radius 2 is 2.17 bits per heavy atom. The SMILES string of the molecule is CN(CC1CCCCC1)c1cc(C(=O)O)ccn1. The third-order valence-corrected chi connectivity index (χ3v) is 3.64. The Morgan fingerprint density at radius 1 is 1.44 bits per heavy atom. The summed E-state index contributed by atoms with van der Waals surface area (Å²) in [4.78, 5) is 17.2. The quantitative estimate of drug-likeness (QED) is 0.890. The van der Waals surface area contributed by atoms with E-state index in [0.717, 1.165) is 18.3 Å². The minimum Gasteiger partial charge on any atom is -0.478 e. The van der Waals surface area contributed by atoms with Gasteiger partial charge in [-0.3, -0.25) is 0 Å². The van der Waals surface area contributed by atoms with Crippen molar-refractivity contribution in [2.24, 2.45) is 5.92 Å². The van der Waals surface area contributed by atoms with Crippen LogP contribution in [0, 0.1) is 5.92 Å². The largest absolute Gasteiger partial charge is 0.478 e. The molecule has 1 aliphatic carbocycles. The van der Waals surface area contributed by atoms with Gasteiger partial charge in [0.05, 0.1) is 5.56 Å². The number of carboxylic acids is 1. The standard InChI is InChI=1S/C14H20N2O2/c1-16(10-11-5-3-2-4-6-11)13-9-12(14(17)18)7-8-15-13/h7-9,11H,2-6,10H2,1H3,(H,17,18). The highest BCUT2D eigenvalue weighted by molar-refractivity contribution is 5.88. The number of nitrogens with zero attached hydrogens (tertiary/aromatic N) is 2. The Balaban J connectivity index is 2.01. The molecule has 18 heavy (non-hydrogen) atoms. The monoisotopic (exact) mass is 248 g/mol. The predicted molar refractivity (Wildman–Crippen MR) is 71.0 cm³/mol. The first kappa shape index (κ1) is 12.9. The fourth-order valence-electron chi connectivity index (χ4n) is 2.61. The molecule has 0 atom stereocenters. The summed E-state index contributed by atoms with van der Waals surface area (Å²) in [7, 11) is 1.99. The van der Waals surface area contributed by atoms with Gasteiger partial charge in [-0.1, -0.05) is 19.3 Å². The molecule has 0 spiro atoms. The normalized spacial score (nSPS) is 16.5. The fraction of sp³-hybridized carbons (Fsp3) is 0.571. The van der Waals surface area contributed by atoms with E-state index in [-0.39, 0.29) is 0 Å². The van der Waals surface area contributed by atoms with Gasteiger partial charge >= 0.3 is 5.97 Å².